The maximum Gasteiger partial charge on any atom is 0.272 e. The highest BCUT2D eigenvalue weighted by molar-refractivity contribution is 5.92. The van der Waals surface area contributed by atoms with E-state index < -0.39 is 0 Å². The summed E-state index contributed by atoms with van der Waals surface area (Å²) in [5, 5.41) is 0. The topological polar surface area (TPSA) is 42.4 Å². The molecule has 114 valence electrons. The molecule has 0 bridgehead atoms. The van der Waals surface area contributed by atoms with E-state index in [0.29, 0.717) is 12.3 Å². The van der Waals surface area contributed by atoms with E-state index in [2.05, 4.69) is 17.1 Å². The van der Waals surface area contributed by atoms with Gasteiger partial charge in [0.05, 0.1) is 12.6 Å². The van der Waals surface area contributed by atoms with Crippen LogP contribution in [0.1, 0.15) is 41.9 Å². The van der Waals surface area contributed by atoms with E-state index >= 15 is 0 Å². The minimum atomic E-state index is 0.0111. The number of benzene rings is 1. The molecule has 1 aromatic carbocycles. The monoisotopic (exact) mass is 296 g/mol. The van der Waals surface area contributed by atoms with Gasteiger partial charge in [-0.2, -0.15) is 0 Å². The Hall–Kier alpha value is -2.36. The van der Waals surface area contributed by atoms with Crippen LogP contribution < -0.4 is 4.74 Å². The Morgan fingerprint density at radius 1 is 1.27 bits per heavy atom. The normalized spacial score (nSPS) is 17.5. The van der Waals surface area contributed by atoms with Gasteiger partial charge in [0, 0.05) is 12.7 Å². The van der Waals surface area contributed by atoms with Gasteiger partial charge in [0.2, 0.25) is 0 Å². The Morgan fingerprint density at radius 2 is 2.09 bits per heavy atom. The van der Waals surface area contributed by atoms with Crippen LogP contribution in [0.4, 0.5) is 0 Å². The maximum atomic E-state index is 12.6. The molecule has 1 atom stereocenters. The predicted octanol–water partition coefficient (Wildman–Crippen LogP) is 3.46. The van der Waals surface area contributed by atoms with Crippen LogP contribution in [0.5, 0.6) is 5.75 Å². The number of hydrogen-bond donors (Lipinski definition) is 0. The highest BCUT2D eigenvalue weighted by Crippen LogP contribution is 2.33. The molecule has 22 heavy (non-hydrogen) atoms. The Bertz CT molecular complexity index is 625. The molecule has 1 aromatic heterocycles. The van der Waals surface area contributed by atoms with Crippen molar-refractivity contribution in [1.82, 2.24) is 9.88 Å². The molecule has 1 aliphatic heterocycles. The molecule has 1 fully saturated rings. The van der Waals surface area contributed by atoms with Crippen LogP contribution in [0.2, 0.25) is 0 Å². The molecule has 3 rings (SSSR count). The molecular formula is C18H20N2O2. The molecule has 4 nitrogen and oxygen atoms in total. The van der Waals surface area contributed by atoms with Crippen molar-refractivity contribution in [2.75, 3.05) is 13.2 Å². The number of nitrogens with zero attached hydrogens (tertiary/aromatic N) is 2. The Kier molecular flexibility index (Phi) is 4.37. The smallest absolute Gasteiger partial charge is 0.272 e. The number of amides is 1. The van der Waals surface area contributed by atoms with Gasteiger partial charge >= 0.3 is 0 Å². The van der Waals surface area contributed by atoms with Crippen molar-refractivity contribution in [2.24, 2.45) is 0 Å². The second-order valence-corrected chi connectivity index (χ2v) is 5.37. The minimum absolute atomic E-state index is 0.0111. The van der Waals surface area contributed by atoms with E-state index in [9.17, 15) is 4.79 Å². The SMILES string of the molecule is CCOc1ccc(C2CCCN2C(=O)c2ccccn2)cc1. The third kappa shape index (κ3) is 2.96. The Balaban J connectivity index is 1.79. The van der Waals surface area contributed by atoms with Gasteiger partial charge in [-0.05, 0) is 49.6 Å². The number of likely N-dealkylation sites (tertiary alicyclic amines) is 1. The molecule has 1 aliphatic rings. The minimum Gasteiger partial charge on any atom is -0.494 e. The molecule has 0 radical (unpaired) electrons. The molecule has 0 N–H and O–H groups in total. The lowest BCUT2D eigenvalue weighted by atomic mass is 10.0. The molecule has 1 amide bonds. The first-order valence-corrected chi connectivity index (χ1v) is 7.74. The summed E-state index contributed by atoms with van der Waals surface area (Å²) >= 11 is 0. The molecule has 0 saturated carbocycles. The third-order valence-electron chi connectivity index (χ3n) is 3.97. The largest absolute Gasteiger partial charge is 0.494 e. The first-order chi connectivity index (χ1) is 10.8. The van der Waals surface area contributed by atoms with E-state index in [-0.39, 0.29) is 11.9 Å². The van der Waals surface area contributed by atoms with Gasteiger partial charge in [-0.1, -0.05) is 18.2 Å². The fourth-order valence-electron chi connectivity index (χ4n) is 2.95. The number of ether oxygens (including phenoxy) is 1. The van der Waals surface area contributed by atoms with Crippen LogP contribution in [-0.4, -0.2) is 28.9 Å². The molecule has 0 spiro atoms. The Labute approximate surface area is 130 Å². The van der Waals surface area contributed by atoms with E-state index in [1.54, 1.807) is 12.3 Å². The summed E-state index contributed by atoms with van der Waals surface area (Å²) in [7, 11) is 0. The molecule has 2 heterocycles. The van der Waals surface area contributed by atoms with Crippen LogP contribution >= 0.6 is 0 Å². The first kappa shape index (κ1) is 14.6. The van der Waals surface area contributed by atoms with Crippen LogP contribution in [0.15, 0.2) is 48.7 Å². The summed E-state index contributed by atoms with van der Waals surface area (Å²) in [4.78, 5) is 18.7. The number of pyridine rings is 1. The molecule has 2 aromatic rings. The van der Waals surface area contributed by atoms with Gasteiger partial charge in [0.25, 0.3) is 5.91 Å². The number of carbonyl (C=O) groups excluding carboxylic acids is 1. The zero-order chi connectivity index (χ0) is 15.4. The van der Waals surface area contributed by atoms with Crippen LogP contribution in [0, 0.1) is 0 Å². The van der Waals surface area contributed by atoms with Crippen molar-refractivity contribution in [3.8, 4) is 5.75 Å². The average molecular weight is 296 g/mol. The highest BCUT2D eigenvalue weighted by atomic mass is 16.5. The Morgan fingerprint density at radius 3 is 2.77 bits per heavy atom. The lowest BCUT2D eigenvalue weighted by Crippen LogP contribution is -2.31. The van der Waals surface area contributed by atoms with E-state index in [0.717, 1.165) is 30.7 Å². The summed E-state index contributed by atoms with van der Waals surface area (Å²) in [6.45, 7) is 3.42. The summed E-state index contributed by atoms with van der Waals surface area (Å²) in [6, 6.07) is 13.6. The molecule has 4 heteroatoms. The van der Waals surface area contributed by atoms with Crippen molar-refractivity contribution in [2.45, 2.75) is 25.8 Å². The van der Waals surface area contributed by atoms with Gasteiger partial charge in [-0.15, -0.1) is 0 Å². The summed E-state index contributed by atoms with van der Waals surface area (Å²) in [6.07, 6.45) is 3.68. The number of rotatable bonds is 4. The highest BCUT2D eigenvalue weighted by Gasteiger charge is 2.31. The van der Waals surface area contributed by atoms with Gasteiger partial charge in [0.1, 0.15) is 11.4 Å². The molecule has 0 aliphatic carbocycles. The van der Waals surface area contributed by atoms with Gasteiger partial charge < -0.3 is 9.64 Å². The van der Waals surface area contributed by atoms with Crippen LogP contribution in [-0.2, 0) is 0 Å². The summed E-state index contributed by atoms with van der Waals surface area (Å²) in [5.41, 5.74) is 1.67. The third-order valence-corrected chi connectivity index (χ3v) is 3.97. The van der Waals surface area contributed by atoms with Crippen molar-refractivity contribution in [3.63, 3.8) is 0 Å². The first-order valence-electron chi connectivity index (χ1n) is 7.74. The van der Waals surface area contributed by atoms with Crippen LogP contribution in [0.25, 0.3) is 0 Å². The van der Waals surface area contributed by atoms with E-state index in [4.69, 9.17) is 4.74 Å². The quantitative estimate of drug-likeness (QED) is 0.867. The number of carbonyl (C=O) groups is 1. The lowest BCUT2D eigenvalue weighted by molar-refractivity contribution is 0.0729. The lowest BCUT2D eigenvalue weighted by Gasteiger charge is -2.25. The standard InChI is InChI=1S/C18H20N2O2/c1-2-22-15-10-8-14(9-11-15)17-7-5-13-20(17)18(21)16-6-3-4-12-19-16/h3-4,6,8-12,17H,2,5,7,13H2,1H3. The van der Waals surface area contributed by atoms with Gasteiger partial charge in [-0.3, -0.25) is 9.78 Å². The molecule has 1 unspecified atom stereocenters. The predicted molar refractivity (Wildman–Crippen MR) is 84.9 cm³/mol. The number of aromatic nitrogens is 1. The summed E-state index contributed by atoms with van der Waals surface area (Å²) in [5.74, 6) is 0.879. The molecular weight excluding hydrogens is 276 g/mol. The summed E-state index contributed by atoms with van der Waals surface area (Å²) < 4.78 is 5.48. The second kappa shape index (κ2) is 6.60. The van der Waals surface area contributed by atoms with Gasteiger partial charge in [0.15, 0.2) is 0 Å². The van der Waals surface area contributed by atoms with E-state index in [1.807, 2.05) is 36.1 Å². The zero-order valence-corrected chi connectivity index (χ0v) is 12.7. The van der Waals surface area contributed by atoms with E-state index in [1.165, 1.54) is 0 Å². The van der Waals surface area contributed by atoms with Crippen molar-refractivity contribution in [1.29, 1.82) is 0 Å². The maximum absolute atomic E-state index is 12.6. The average Bonchev–Trinajstić information content (AvgIpc) is 3.05. The number of hydrogen-bond acceptors (Lipinski definition) is 3. The fourth-order valence-corrected chi connectivity index (χ4v) is 2.95. The second-order valence-electron chi connectivity index (χ2n) is 5.37. The van der Waals surface area contributed by atoms with Crippen molar-refractivity contribution >= 4 is 5.91 Å². The van der Waals surface area contributed by atoms with Crippen molar-refractivity contribution < 1.29 is 9.53 Å². The van der Waals surface area contributed by atoms with Crippen LogP contribution in [0.3, 0.4) is 0 Å². The fraction of sp³-hybridized carbons (Fsp3) is 0.333. The van der Waals surface area contributed by atoms with Crippen molar-refractivity contribution in [3.05, 3.63) is 59.9 Å². The van der Waals surface area contributed by atoms with Gasteiger partial charge in [-0.25, -0.2) is 0 Å². The molecule has 1 saturated heterocycles. The zero-order valence-electron chi connectivity index (χ0n) is 12.7.